The molecule has 1 amide bonds. The number of fused-ring (bicyclic) bond motifs is 3. The van der Waals surface area contributed by atoms with Crippen LogP contribution in [-0.2, 0) is 11.3 Å². The molecule has 3 heterocycles. The van der Waals surface area contributed by atoms with Gasteiger partial charge in [-0.15, -0.1) is 12.4 Å². The molecule has 156 valence electrons. The number of amides is 1. The number of alkyl halides is 3. The summed E-state index contributed by atoms with van der Waals surface area (Å²) in [4.78, 5) is 27.9. The molecule has 0 atom stereocenters. The van der Waals surface area contributed by atoms with E-state index in [9.17, 15) is 22.8 Å². The number of H-pyrrole nitrogens is 1. The Morgan fingerprint density at radius 2 is 1.90 bits per heavy atom. The third-order valence-corrected chi connectivity index (χ3v) is 4.41. The average Bonchev–Trinajstić information content (AvgIpc) is 3.14. The molecule has 0 radical (unpaired) electrons. The van der Waals surface area contributed by atoms with Crippen molar-refractivity contribution in [2.75, 3.05) is 5.32 Å². The van der Waals surface area contributed by atoms with Gasteiger partial charge in [-0.05, 0) is 29.3 Å². The van der Waals surface area contributed by atoms with Crippen LogP contribution in [0.4, 0.5) is 19.0 Å². The molecule has 0 aliphatic carbocycles. The summed E-state index contributed by atoms with van der Waals surface area (Å²) in [5.74, 6) is 0.0145. The zero-order chi connectivity index (χ0) is 20.8. The highest BCUT2D eigenvalue weighted by Crippen LogP contribution is 2.29. The van der Waals surface area contributed by atoms with Crippen LogP contribution in [0.25, 0.3) is 32.9 Å². The van der Waals surface area contributed by atoms with E-state index in [1.165, 1.54) is 25.4 Å². The summed E-state index contributed by atoms with van der Waals surface area (Å²) in [6.45, 7) is -0.0732. The van der Waals surface area contributed by atoms with E-state index in [2.05, 4.69) is 20.5 Å². The summed E-state index contributed by atoms with van der Waals surface area (Å²) in [5.41, 5.74) is 0.926. The molecule has 1 aromatic carbocycles. The van der Waals surface area contributed by atoms with Crippen molar-refractivity contribution in [1.29, 1.82) is 0 Å². The molecule has 0 unspecified atom stereocenters. The molecule has 7 nitrogen and oxygen atoms in total. The van der Waals surface area contributed by atoms with E-state index >= 15 is 0 Å². The van der Waals surface area contributed by atoms with Crippen molar-refractivity contribution in [1.82, 2.24) is 19.7 Å². The van der Waals surface area contributed by atoms with Crippen LogP contribution < -0.4 is 10.9 Å². The number of carbonyl (C=O) groups excluding carboxylic acids is 1. The highest BCUT2D eigenvalue weighted by molar-refractivity contribution is 6.04. The third kappa shape index (κ3) is 3.99. The zero-order valence-electron chi connectivity index (χ0n) is 15.4. The van der Waals surface area contributed by atoms with Gasteiger partial charge in [0.25, 0.3) is 5.56 Å². The first-order valence-corrected chi connectivity index (χ1v) is 8.53. The first-order chi connectivity index (χ1) is 13.7. The lowest BCUT2D eigenvalue weighted by atomic mass is 10.0. The number of aromatic amines is 1. The van der Waals surface area contributed by atoms with Crippen molar-refractivity contribution < 1.29 is 18.0 Å². The minimum atomic E-state index is -4.57. The van der Waals surface area contributed by atoms with Gasteiger partial charge < -0.3 is 5.32 Å². The summed E-state index contributed by atoms with van der Waals surface area (Å²) in [6, 6.07) is 8.13. The molecule has 0 aliphatic rings. The predicted molar refractivity (Wildman–Crippen MR) is 109 cm³/mol. The summed E-state index contributed by atoms with van der Waals surface area (Å²) >= 11 is 0. The fourth-order valence-corrected chi connectivity index (χ4v) is 3.25. The Morgan fingerprint density at radius 3 is 2.60 bits per heavy atom. The molecule has 0 aliphatic heterocycles. The van der Waals surface area contributed by atoms with Crippen molar-refractivity contribution in [3.63, 3.8) is 0 Å². The number of pyridine rings is 2. The molecule has 30 heavy (non-hydrogen) atoms. The Kier molecular flexibility index (Phi) is 5.53. The highest BCUT2D eigenvalue weighted by Gasteiger charge is 2.30. The largest absolute Gasteiger partial charge is 0.406 e. The number of hydrogen-bond acceptors (Lipinski definition) is 4. The summed E-state index contributed by atoms with van der Waals surface area (Å²) in [5, 5.41) is 9.57. The van der Waals surface area contributed by atoms with Crippen LogP contribution in [0.1, 0.15) is 6.92 Å². The molecule has 2 N–H and O–H groups in total. The number of benzene rings is 1. The van der Waals surface area contributed by atoms with Crippen LogP contribution in [0.5, 0.6) is 0 Å². The van der Waals surface area contributed by atoms with Crippen LogP contribution in [-0.4, -0.2) is 31.8 Å². The number of nitrogens with zero attached hydrogens (tertiary/aromatic N) is 3. The van der Waals surface area contributed by atoms with Gasteiger partial charge in [-0.1, -0.05) is 12.1 Å². The monoisotopic (exact) mass is 437 g/mol. The Hall–Kier alpha value is -3.40. The van der Waals surface area contributed by atoms with Crippen LogP contribution in [0.2, 0.25) is 0 Å². The Labute approximate surface area is 173 Å². The van der Waals surface area contributed by atoms with Crippen molar-refractivity contribution in [3.05, 3.63) is 53.1 Å². The van der Waals surface area contributed by atoms with Gasteiger partial charge in [-0.3, -0.25) is 19.3 Å². The predicted octanol–water partition coefficient (Wildman–Crippen LogP) is 3.88. The maximum atomic E-state index is 13.1. The van der Waals surface area contributed by atoms with Crippen LogP contribution in [0.3, 0.4) is 0 Å². The first kappa shape index (κ1) is 21.3. The maximum Gasteiger partial charge on any atom is 0.406 e. The lowest BCUT2D eigenvalue weighted by molar-refractivity contribution is -0.140. The Balaban J connectivity index is 0.00000256. The van der Waals surface area contributed by atoms with Gasteiger partial charge in [-0.2, -0.15) is 18.3 Å². The second-order valence-corrected chi connectivity index (χ2v) is 6.51. The van der Waals surface area contributed by atoms with Gasteiger partial charge in [0.2, 0.25) is 5.91 Å². The smallest absolute Gasteiger partial charge is 0.311 e. The molecular weight excluding hydrogens is 423 g/mol. The van der Waals surface area contributed by atoms with E-state index in [-0.39, 0.29) is 29.2 Å². The average molecular weight is 438 g/mol. The molecule has 4 aromatic rings. The Morgan fingerprint density at radius 1 is 1.17 bits per heavy atom. The maximum absolute atomic E-state index is 13.1. The number of halogens is 4. The van der Waals surface area contributed by atoms with Crippen LogP contribution >= 0.6 is 12.4 Å². The van der Waals surface area contributed by atoms with E-state index < -0.39 is 18.3 Å². The zero-order valence-corrected chi connectivity index (χ0v) is 16.3. The third-order valence-electron chi connectivity index (χ3n) is 4.41. The SMILES string of the molecule is CC(=O)Nc1cc(-c2ccc3c4[nH]ncc4c(=O)n(CC(F)(F)F)c3c2)ccn1.Cl. The van der Waals surface area contributed by atoms with E-state index in [1.807, 2.05) is 0 Å². The number of hydrogen-bond donors (Lipinski definition) is 2. The van der Waals surface area contributed by atoms with E-state index in [0.717, 1.165) is 0 Å². The minimum absolute atomic E-state index is 0. The van der Waals surface area contributed by atoms with Crippen molar-refractivity contribution in [3.8, 4) is 11.1 Å². The summed E-state index contributed by atoms with van der Waals surface area (Å²) in [6.07, 6.45) is -1.87. The number of rotatable bonds is 3. The van der Waals surface area contributed by atoms with E-state index in [0.29, 0.717) is 32.4 Å². The lowest BCUT2D eigenvalue weighted by Gasteiger charge is -2.14. The second kappa shape index (κ2) is 7.79. The van der Waals surface area contributed by atoms with E-state index in [4.69, 9.17) is 0 Å². The van der Waals surface area contributed by atoms with Crippen LogP contribution in [0.15, 0.2) is 47.5 Å². The van der Waals surface area contributed by atoms with Gasteiger partial charge in [0, 0.05) is 18.5 Å². The normalized spacial score (nSPS) is 11.5. The van der Waals surface area contributed by atoms with E-state index in [1.54, 1.807) is 24.3 Å². The fraction of sp³-hybridized carbons (Fsp3) is 0.158. The number of nitrogens with one attached hydrogen (secondary N) is 2. The molecule has 0 spiro atoms. The molecule has 0 saturated carbocycles. The summed E-state index contributed by atoms with van der Waals surface area (Å²) in [7, 11) is 0. The van der Waals surface area contributed by atoms with Gasteiger partial charge in [-0.25, -0.2) is 4.98 Å². The lowest BCUT2D eigenvalue weighted by Crippen LogP contribution is -2.28. The van der Waals surface area contributed by atoms with Gasteiger partial charge in [0.1, 0.15) is 12.4 Å². The number of aromatic nitrogens is 4. The molecule has 11 heteroatoms. The number of anilines is 1. The summed E-state index contributed by atoms with van der Waals surface area (Å²) < 4.78 is 40.1. The number of carbonyl (C=O) groups is 1. The highest BCUT2D eigenvalue weighted by atomic mass is 35.5. The van der Waals surface area contributed by atoms with Gasteiger partial charge in [0.05, 0.1) is 22.6 Å². The van der Waals surface area contributed by atoms with Crippen molar-refractivity contribution >= 4 is 45.9 Å². The first-order valence-electron chi connectivity index (χ1n) is 8.53. The molecule has 3 aromatic heterocycles. The second-order valence-electron chi connectivity index (χ2n) is 6.51. The van der Waals surface area contributed by atoms with Crippen molar-refractivity contribution in [2.45, 2.75) is 19.6 Å². The fourth-order valence-electron chi connectivity index (χ4n) is 3.25. The van der Waals surface area contributed by atoms with Crippen LogP contribution in [0, 0.1) is 0 Å². The molecule has 0 fully saturated rings. The van der Waals surface area contributed by atoms with Gasteiger partial charge >= 0.3 is 6.18 Å². The quantitative estimate of drug-likeness (QED) is 0.508. The molecule has 0 saturated heterocycles. The standard InChI is InChI=1S/C19H14F3N5O2.ClH/c1-10(28)25-16-7-12(4-5-23-16)11-2-3-13-15(6-11)27(9-19(20,21)22)18(29)14-8-24-26-17(13)14;/h2-8H,9H2,1H3,(H,24,26)(H,23,25,28);1H. The van der Waals surface area contributed by atoms with Crippen molar-refractivity contribution in [2.24, 2.45) is 0 Å². The Bertz CT molecular complexity index is 1310. The molecule has 4 rings (SSSR count). The topological polar surface area (TPSA) is 92.7 Å². The van der Waals surface area contributed by atoms with Gasteiger partial charge in [0.15, 0.2) is 0 Å². The molecule has 0 bridgehead atoms. The minimum Gasteiger partial charge on any atom is -0.311 e. The molecular formula is C19H15ClF3N5O2.